The Morgan fingerprint density at radius 3 is 2.74 bits per heavy atom. The molecule has 2 atom stereocenters. The fourth-order valence-electron chi connectivity index (χ4n) is 2.34. The van der Waals surface area contributed by atoms with E-state index in [4.69, 9.17) is 9.15 Å². The van der Waals surface area contributed by atoms with Crippen molar-refractivity contribution in [2.75, 3.05) is 19.6 Å². The highest BCUT2D eigenvalue weighted by Crippen LogP contribution is 2.23. The number of para-hydroxylation sites is 1. The summed E-state index contributed by atoms with van der Waals surface area (Å²) in [5, 5.41) is 15.5. The van der Waals surface area contributed by atoms with Crippen molar-refractivity contribution in [2.45, 2.75) is 6.10 Å². The van der Waals surface area contributed by atoms with Gasteiger partial charge in [-0.1, -0.05) is 18.2 Å². The van der Waals surface area contributed by atoms with Crippen molar-refractivity contribution in [2.24, 2.45) is 5.92 Å². The Morgan fingerprint density at radius 1 is 1.26 bits per heavy atom. The molecule has 0 saturated carbocycles. The molecule has 1 saturated heterocycles. The molecule has 2 aromatic rings. The van der Waals surface area contributed by atoms with E-state index in [0.29, 0.717) is 25.4 Å². The molecule has 2 heterocycles. The van der Waals surface area contributed by atoms with Crippen molar-refractivity contribution < 1.29 is 19.1 Å². The molecule has 3 N–H and O–H groups in total. The summed E-state index contributed by atoms with van der Waals surface area (Å²) in [7, 11) is 0. The number of aliphatic hydroxyl groups is 1. The predicted octanol–water partition coefficient (Wildman–Crippen LogP) is 1.80. The first kappa shape index (κ1) is 17.3. The number of rotatable bonds is 5. The van der Waals surface area contributed by atoms with Crippen molar-refractivity contribution in [1.82, 2.24) is 10.6 Å². The van der Waals surface area contributed by atoms with E-state index in [0.717, 1.165) is 0 Å². The Bertz CT molecular complexity index is 632. The van der Waals surface area contributed by atoms with E-state index in [2.05, 4.69) is 10.6 Å². The van der Waals surface area contributed by atoms with Crippen molar-refractivity contribution in [1.29, 1.82) is 0 Å². The molecule has 1 aliphatic rings. The average Bonchev–Trinajstić information content (AvgIpc) is 3.15. The molecule has 0 bridgehead atoms. The first-order valence-electron chi connectivity index (χ1n) is 7.22. The summed E-state index contributed by atoms with van der Waals surface area (Å²) in [6, 6.07) is 12.4. The number of halogens is 1. The number of nitrogens with one attached hydrogen (secondary N) is 2. The molecule has 0 aliphatic carbocycles. The molecule has 7 heteroatoms. The number of benzene rings is 1. The highest BCUT2D eigenvalue weighted by molar-refractivity contribution is 5.91. The second kappa shape index (κ2) is 8.01. The molecule has 124 valence electrons. The van der Waals surface area contributed by atoms with Crippen LogP contribution in [0.25, 0.3) is 0 Å². The van der Waals surface area contributed by atoms with Gasteiger partial charge in [0, 0.05) is 31.6 Å². The fourth-order valence-corrected chi connectivity index (χ4v) is 2.34. The third-order valence-electron chi connectivity index (χ3n) is 3.60. The van der Waals surface area contributed by atoms with E-state index in [9.17, 15) is 9.90 Å². The van der Waals surface area contributed by atoms with Crippen LogP contribution in [0.3, 0.4) is 0 Å². The molecule has 2 unspecified atom stereocenters. The number of ether oxygens (including phenoxy) is 1. The van der Waals surface area contributed by atoms with Gasteiger partial charge in [-0.3, -0.25) is 4.79 Å². The average molecular weight is 339 g/mol. The molecular formula is C16H19ClN2O4. The second-order valence-electron chi connectivity index (χ2n) is 5.23. The minimum atomic E-state index is -0.422. The summed E-state index contributed by atoms with van der Waals surface area (Å²) < 4.78 is 10.9. The van der Waals surface area contributed by atoms with E-state index < -0.39 is 6.10 Å². The lowest BCUT2D eigenvalue weighted by Crippen LogP contribution is -2.34. The van der Waals surface area contributed by atoms with Crippen LogP contribution in [0.1, 0.15) is 10.6 Å². The zero-order valence-corrected chi connectivity index (χ0v) is 13.2. The largest absolute Gasteiger partial charge is 0.426 e. The van der Waals surface area contributed by atoms with Crippen LogP contribution in [0.15, 0.2) is 46.9 Å². The molecule has 0 spiro atoms. The molecular weight excluding hydrogens is 320 g/mol. The van der Waals surface area contributed by atoms with Gasteiger partial charge in [-0.15, -0.1) is 12.4 Å². The SMILES string of the molecule is Cl.O=C(NCC1CNCC1O)c1ccc(Oc2ccccc2)o1. The summed E-state index contributed by atoms with van der Waals surface area (Å²) in [5.74, 6) is 0.801. The number of amides is 1. The summed E-state index contributed by atoms with van der Waals surface area (Å²) in [4.78, 5) is 12.0. The number of β-amino-alcohol motifs (C(OH)–C–C–N with tert-alkyl or cyclic N) is 1. The van der Waals surface area contributed by atoms with Gasteiger partial charge in [0.15, 0.2) is 5.76 Å². The number of aliphatic hydroxyl groups excluding tert-OH is 1. The van der Waals surface area contributed by atoms with Gasteiger partial charge in [0.05, 0.1) is 6.10 Å². The first-order chi connectivity index (χ1) is 10.7. The van der Waals surface area contributed by atoms with Crippen LogP contribution < -0.4 is 15.4 Å². The smallest absolute Gasteiger partial charge is 0.290 e. The Morgan fingerprint density at radius 2 is 2.04 bits per heavy atom. The topological polar surface area (TPSA) is 83.7 Å². The van der Waals surface area contributed by atoms with Crippen molar-refractivity contribution in [3.8, 4) is 11.7 Å². The van der Waals surface area contributed by atoms with E-state index in [1.807, 2.05) is 18.2 Å². The minimum Gasteiger partial charge on any atom is -0.426 e. The van der Waals surface area contributed by atoms with Gasteiger partial charge in [0.25, 0.3) is 11.9 Å². The van der Waals surface area contributed by atoms with Crippen LogP contribution in [0, 0.1) is 5.92 Å². The standard InChI is InChI=1S/C16H18N2O4.ClH/c19-13-10-17-8-11(13)9-18-16(20)14-6-7-15(22-14)21-12-4-2-1-3-5-12;/h1-7,11,13,17,19H,8-10H2,(H,18,20);1H. The highest BCUT2D eigenvalue weighted by atomic mass is 35.5. The monoisotopic (exact) mass is 338 g/mol. The molecule has 1 fully saturated rings. The zero-order valence-electron chi connectivity index (χ0n) is 12.4. The lowest BCUT2D eigenvalue weighted by molar-refractivity contribution is 0.0895. The van der Waals surface area contributed by atoms with Crippen LogP contribution in [0.4, 0.5) is 0 Å². The van der Waals surface area contributed by atoms with E-state index in [-0.39, 0.29) is 35.9 Å². The minimum absolute atomic E-state index is 0. The highest BCUT2D eigenvalue weighted by Gasteiger charge is 2.25. The van der Waals surface area contributed by atoms with Gasteiger partial charge in [0.2, 0.25) is 0 Å². The maximum Gasteiger partial charge on any atom is 0.290 e. The lowest BCUT2D eigenvalue weighted by atomic mass is 10.1. The van der Waals surface area contributed by atoms with Crippen LogP contribution in [-0.4, -0.2) is 36.8 Å². The molecule has 3 rings (SSSR count). The summed E-state index contributed by atoms with van der Waals surface area (Å²) in [5.41, 5.74) is 0. The Kier molecular flexibility index (Phi) is 6.04. The lowest BCUT2D eigenvalue weighted by Gasteiger charge is -2.13. The third-order valence-corrected chi connectivity index (χ3v) is 3.60. The molecule has 1 aliphatic heterocycles. The number of carbonyl (C=O) groups is 1. The summed E-state index contributed by atoms with van der Waals surface area (Å²) >= 11 is 0. The molecule has 1 amide bonds. The molecule has 23 heavy (non-hydrogen) atoms. The van der Waals surface area contributed by atoms with Gasteiger partial charge in [-0.05, 0) is 18.2 Å². The number of hydrogen-bond donors (Lipinski definition) is 3. The maximum absolute atomic E-state index is 12.0. The van der Waals surface area contributed by atoms with E-state index in [1.165, 1.54) is 0 Å². The Labute approximate surface area is 140 Å². The van der Waals surface area contributed by atoms with Crippen molar-refractivity contribution in [3.63, 3.8) is 0 Å². The maximum atomic E-state index is 12.0. The molecule has 6 nitrogen and oxygen atoms in total. The van der Waals surface area contributed by atoms with E-state index in [1.54, 1.807) is 24.3 Å². The summed E-state index contributed by atoms with van der Waals surface area (Å²) in [6.07, 6.45) is -0.422. The normalized spacial score (nSPS) is 19.9. The Balaban J connectivity index is 0.00000192. The van der Waals surface area contributed by atoms with Crippen LogP contribution >= 0.6 is 12.4 Å². The van der Waals surface area contributed by atoms with Crippen LogP contribution in [-0.2, 0) is 0 Å². The van der Waals surface area contributed by atoms with Crippen LogP contribution in [0.2, 0.25) is 0 Å². The fraction of sp³-hybridized carbons (Fsp3) is 0.312. The van der Waals surface area contributed by atoms with Gasteiger partial charge in [0.1, 0.15) is 5.75 Å². The number of furan rings is 1. The van der Waals surface area contributed by atoms with Crippen LogP contribution in [0.5, 0.6) is 11.7 Å². The summed E-state index contributed by atoms with van der Waals surface area (Å²) in [6.45, 7) is 1.67. The first-order valence-corrected chi connectivity index (χ1v) is 7.22. The molecule has 1 aromatic heterocycles. The quantitative estimate of drug-likeness (QED) is 0.774. The van der Waals surface area contributed by atoms with Crippen molar-refractivity contribution >= 4 is 18.3 Å². The second-order valence-corrected chi connectivity index (χ2v) is 5.23. The van der Waals surface area contributed by atoms with Gasteiger partial charge < -0.3 is 24.9 Å². The van der Waals surface area contributed by atoms with Gasteiger partial charge in [-0.2, -0.15) is 0 Å². The predicted molar refractivity (Wildman–Crippen MR) is 87.2 cm³/mol. The third kappa shape index (κ3) is 4.48. The number of hydrogen-bond acceptors (Lipinski definition) is 5. The molecule has 0 radical (unpaired) electrons. The van der Waals surface area contributed by atoms with E-state index >= 15 is 0 Å². The molecule has 1 aromatic carbocycles. The Hall–Kier alpha value is -2.02. The number of carbonyl (C=O) groups excluding carboxylic acids is 1. The van der Waals surface area contributed by atoms with Gasteiger partial charge in [-0.25, -0.2) is 0 Å². The van der Waals surface area contributed by atoms with Gasteiger partial charge >= 0.3 is 0 Å². The van der Waals surface area contributed by atoms with Crippen molar-refractivity contribution in [3.05, 3.63) is 48.2 Å². The zero-order chi connectivity index (χ0) is 15.4.